The molecule has 2 amide bonds. The maximum Gasteiger partial charge on any atom is 0.275 e. The molecule has 0 aliphatic carbocycles. The molecule has 8 heteroatoms. The van der Waals surface area contributed by atoms with Crippen molar-refractivity contribution in [1.82, 2.24) is 14.9 Å². The second-order valence-corrected chi connectivity index (χ2v) is 5.65. The van der Waals surface area contributed by atoms with Crippen molar-refractivity contribution in [2.75, 3.05) is 25.6 Å². The summed E-state index contributed by atoms with van der Waals surface area (Å²) >= 11 is 0. The molecule has 1 aromatic carbocycles. The molecule has 0 spiro atoms. The van der Waals surface area contributed by atoms with Gasteiger partial charge in [-0.05, 0) is 17.7 Å². The number of benzene rings is 1. The first-order chi connectivity index (χ1) is 12.1. The Labute approximate surface area is 144 Å². The first-order valence-electron chi connectivity index (χ1n) is 7.75. The fraction of sp³-hybridized carbons (Fsp3) is 0.294. The maximum atomic E-state index is 12.1. The van der Waals surface area contributed by atoms with E-state index in [2.05, 4.69) is 15.3 Å². The van der Waals surface area contributed by atoms with Crippen LogP contribution in [-0.2, 0) is 9.53 Å². The lowest BCUT2D eigenvalue weighted by molar-refractivity contribution is -0.157. The van der Waals surface area contributed by atoms with Crippen molar-refractivity contribution in [3.05, 3.63) is 54.1 Å². The summed E-state index contributed by atoms with van der Waals surface area (Å²) in [7, 11) is 1.65. The molecule has 0 unspecified atom stereocenters. The van der Waals surface area contributed by atoms with Crippen molar-refractivity contribution in [3.8, 4) is 0 Å². The normalized spacial score (nSPS) is 20.4. The molecule has 8 nitrogen and oxygen atoms in total. The minimum absolute atomic E-state index is 0.0250. The van der Waals surface area contributed by atoms with E-state index < -0.39 is 12.1 Å². The summed E-state index contributed by atoms with van der Waals surface area (Å²) in [5.41, 5.74) is 1.64. The number of hydrogen-bond donors (Lipinski definition) is 2. The number of nitrogens with zero attached hydrogens (tertiary/aromatic N) is 3. The van der Waals surface area contributed by atoms with E-state index in [1.165, 1.54) is 23.5 Å². The molecule has 2 N–H and O–H groups in total. The van der Waals surface area contributed by atoms with E-state index in [9.17, 15) is 14.7 Å². The van der Waals surface area contributed by atoms with Crippen LogP contribution in [-0.4, -0.2) is 58.1 Å². The van der Waals surface area contributed by atoms with E-state index in [1.807, 2.05) is 0 Å². The highest BCUT2D eigenvalue weighted by atomic mass is 16.5. The summed E-state index contributed by atoms with van der Waals surface area (Å²) < 4.78 is 5.58. The van der Waals surface area contributed by atoms with Crippen LogP contribution in [0.2, 0.25) is 0 Å². The van der Waals surface area contributed by atoms with Gasteiger partial charge >= 0.3 is 0 Å². The molecule has 0 radical (unpaired) electrons. The molecule has 3 rings (SSSR count). The molecule has 1 fully saturated rings. The maximum absolute atomic E-state index is 12.1. The zero-order chi connectivity index (χ0) is 17.8. The highest BCUT2D eigenvalue weighted by Gasteiger charge is 2.34. The summed E-state index contributed by atoms with van der Waals surface area (Å²) in [5.74, 6) is -0.517. The quantitative estimate of drug-likeness (QED) is 0.844. The number of likely N-dealkylation sites (N-methyl/N-ethyl adjacent to an activating group) is 1. The van der Waals surface area contributed by atoms with Crippen LogP contribution < -0.4 is 5.32 Å². The number of ether oxygens (including phenoxy) is 1. The number of nitrogens with one attached hydrogen (secondary N) is 1. The number of aliphatic hydroxyl groups excluding tert-OH is 1. The van der Waals surface area contributed by atoms with E-state index in [1.54, 1.807) is 31.3 Å². The lowest BCUT2D eigenvalue weighted by Gasteiger charge is -2.38. The third kappa shape index (κ3) is 3.65. The molecule has 2 atom stereocenters. The number of hydrogen-bond acceptors (Lipinski definition) is 6. The summed E-state index contributed by atoms with van der Waals surface area (Å²) in [6.45, 7) is -0.221. The number of rotatable bonds is 4. The minimum atomic E-state index is -0.443. The van der Waals surface area contributed by atoms with Crippen molar-refractivity contribution < 1.29 is 19.4 Å². The molecular weight excluding hydrogens is 324 g/mol. The van der Waals surface area contributed by atoms with E-state index in [-0.39, 0.29) is 30.7 Å². The summed E-state index contributed by atoms with van der Waals surface area (Å²) in [5, 5.41) is 12.3. The zero-order valence-corrected chi connectivity index (χ0v) is 13.6. The average molecular weight is 342 g/mol. The molecule has 2 aromatic rings. The Morgan fingerprint density at radius 3 is 2.76 bits per heavy atom. The minimum Gasteiger partial charge on any atom is -0.394 e. The molecular formula is C17H18N4O4. The fourth-order valence-corrected chi connectivity index (χ4v) is 2.67. The highest BCUT2D eigenvalue weighted by Crippen LogP contribution is 2.29. The Balaban J connectivity index is 1.72. The van der Waals surface area contributed by atoms with E-state index in [0.29, 0.717) is 5.69 Å². The number of carbonyl (C=O) groups is 2. The monoisotopic (exact) mass is 342 g/mol. The summed E-state index contributed by atoms with van der Waals surface area (Å²) in [6, 6.07) is 6.61. The summed E-state index contributed by atoms with van der Waals surface area (Å²) in [6.07, 6.45) is 3.91. The Kier molecular flexibility index (Phi) is 5.01. The third-order valence-electron chi connectivity index (χ3n) is 4.11. The molecule has 0 bridgehead atoms. The number of aliphatic hydroxyl groups is 1. The number of morpholine rings is 1. The van der Waals surface area contributed by atoms with Crippen LogP contribution in [0, 0.1) is 0 Å². The number of anilines is 1. The molecule has 1 aliphatic heterocycles. The van der Waals surface area contributed by atoms with Gasteiger partial charge < -0.3 is 20.1 Å². The van der Waals surface area contributed by atoms with Gasteiger partial charge in [0.1, 0.15) is 18.4 Å². The molecule has 0 saturated carbocycles. The second kappa shape index (κ2) is 7.37. The second-order valence-electron chi connectivity index (χ2n) is 5.65. The van der Waals surface area contributed by atoms with Crippen molar-refractivity contribution in [3.63, 3.8) is 0 Å². The average Bonchev–Trinajstić information content (AvgIpc) is 2.65. The van der Waals surface area contributed by atoms with Gasteiger partial charge in [0.05, 0.1) is 18.8 Å². The Morgan fingerprint density at radius 2 is 2.12 bits per heavy atom. The lowest BCUT2D eigenvalue weighted by Crippen LogP contribution is -2.50. The molecule has 2 heterocycles. The number of amides is 2. The predicted octanol–water partition coefficient (Wildman–Crippen LogP) is 0.619. The van der Waals surface area contributed by atoms with Gasteiger partial charge in [-0.1, -0.05) is 12.1 Å². The van der Waals surface area contributed by atoms with Crippen LogP contribution in [0.1, 0.15) is 22.2 Å². The van der Waals surface area contributed by atoms with Crippen LogP contribution >= 0.6 is 0 Å². The van der Waals surface area contributed by atoms with E-state index in [4.69, 9.17) is 4.74 Å². The molecule has 1 aliphatic rings. The molecule has 1 aromatic heterocycles. The van der Waals surface area contributed by atoms with Gasteiger partial charge in [0.25, 0.3) is 5.91 Å². The first-order valence-corrected chi connectivity index (χ1v) is 7.75. The Hall–Kier alpha value is -2.84. The predicted molar refractivity (Wildman–Crippen MR) is 88.8 cm³/mol. The van der Waals surface area contributed by atoms with Crippen molar-refractivity contribution >= 4 is 17.5 Å². The number of aromatic nitrogens is 2. The SMILES string of the molecule is CN1C(=O)CO[C@H](c2ccc(NC(=O)c3cnccn3)cc2)[C@H]1CO. The topological polar surface area (TPSA) is 105 Å². The van der Waals surface area contributed by atoms with Gasteiger partial charge in [-0.25, -0.2) is 4.98 Å². The van der Waals surface area contributed by atoms with Crippen LogP contribution in [0.5, 0.6) is 0 Å². The Morgan fingerprint density at radius 1 is 1.36 bits per heavy atom. The van der Waals surface area contributed by atoms with Crippen molar-refractivity contribution in [2.45, 2.75) is 12.1 Å². The van der Waals surface area contributed by atoms with Crippen molar-refractivity contribution in [2.24, 2.45) is 0 Å². The first kappa shape index (κ1) is 17.0. The molecule has 130 valence electrons. The van der Waals surface area contributed by atoms with Crippen LogP contribution in [0.15, 0.2) is 42.9 Å². The smallest absolute Gasteiger partial charge is 0.275 e. The highest BCUT2D eigenvalue weighted by molar-refractivity contribution is 6.02. The van der Waals surface area contributed by atoms with E-state index >= 15 is 0 Å². The Bertz CT molecular complexity index is 751. The van der Waals surface area contributed by atoms with Gasteiger partial charge in [0, 0.05) is 25.1 Å². The number of carbonyl (C=O) groups excluding carboxylic acids is 2. The molecule has 1 saturated heterocycles. The van der Waals surface area contributed by atoms with Crippen LogP contribution in [0.3, 0.4) is 0 Å². The summed E-state index contributed by atoms with van der Waals surface area (Å²) in [4.78, 5) is 33.0. The standard InChI is InChI=1S/C17H18N4O4/c1-21-14(9-22)16(25-10-15(21)23)11-2-4-12(5-3-11)20-17(24)13-8-18-6-7-19-13/h2-8,14,16,22H,9-10H2,1H3,(H,20,24)/t14-,16-/m1/s1. The van der Waals surface area contributed by atoms with Gasteiger partial charge in [-0.15, -0.1) is 0 Å². The van der Waals surface area contributed by atoms with Crippen molar-refractivity contribution in [1.29, 1.82) is 0 Å². The third-order valence-corrected chi connectivity index (χ3v) is 4.11. The van der Waals surface area contributed by atoms with Crippen LogP contribution in [0.25, 0.3) is 0 Å². The van der Waals surface area contributed by atoms with Gasteiger partial charge in [-0.3, -0.25) is 14.6 Å². The molecule has 25 heavy (non-hydrogen) atoms. The van der Waals surface area contributed by atoms with E-state index in [0.717, 1.165) is 5.56 Å². The van der Waals surface area contributed by atoms with Gasteiger partial charge in [-0.2, -0.15) is 0 Å². The zero-order valence-electron chi connectivity index (χ0n) is 13.6. The largest absolute Gasteiger partial charge is 0.394 e. The lowest BCUT2D eigenvalue weighted by atomic mass is 9.99. The van der Waals surface area contributed by atoms with Crippen LogP contribution in [0.4, 0.5) is 5.69 Å². The van der Waals surface area contributed by atoms with Gasteiger partial charge in [0.2, 0.25) is 5.91 Å². The van der Waals surface area contributed by atoms with Gasteiger partial charge in [0.15, 0.2) is 0 Å². The fourth-order valence-electron chi connectivity index (χ4n) is 2.67.